The standard InChI is InChI=1S/C18H15ClN6O4S2/c1-9-5-14-20-11(7-15(26)25(14)29-9)8-30-18-24-23-17(31-18)22-16(27)21-12-6-10(19)3-4-13(12)28-2/h3-7H,8H2,1-2H3,(H2,21,22,23,27). The predicted octanol–water partition coefficient (Wildman–Crippen LogP) is 4.05. The van der Waals surface area contributed by atoms with Crippen LogP contribution in [0, 0.1) is 6.92 Å². The van der Waals surface area contributed by atoms with E-state index in [0.717, 1.165) is 4.57 Å². The van der Waals surface area contributed by atoms with E-state index in [2.05, 4.69) is 25.8 Å². The number of anilines is 2. The fraction of sp³-hybridized carbons (Fsp3) is 0.167. The van der Waals surface area contributed by atoms with Crippen LogP contribution in [0.15, 0.2) is 44.0 Å². The number of aromatic nitrogens is 4. The Labute approximate surface area is 188 Å². The van der Waals surface area contributed by atoms with E-state index in [9.17, 15) is 9.59 Å². The number of ether oxygens (including phenoxy) is 1. The van der Waals surface area contributed by atoms with Crippen LogP contribution in [-0.2, 0) is 5.75 Å². The third-order valence-corrected chi connectivity index (χ3v) is 6.14. The third kappa shape index (κ3) is 4.98. The first-order valence-electron chi connectivity index (χ1n) is 8.79. The lowest BCUT2D eigenvalue weighted by Gasteiger charge is -2.10. The summed E-state index contributed by atoms with van der Waals surface area (Å²) in [5.74, 6) is 1.49. The number of hydrogen-bond acceptors (Lipinski definition) is 9. The van der Waals surface area contributed by atoms with Gasteiger partial charge in [-0.15, -0.1) is 14.8 Å². The lowest BCUT2D eigenvalue weighted by molar-refractivity contribution is 0.262. The van der Waals surface area contributed by atoms with E-state index in [1.807, 2.05) is 0 Å². The highest BCUT2D eigenvalue weighted by Crippen LogP contribution is 2.29. The van der Waals surface area contributed by atoms with Crippen molar-refractivity contribution in [1.29, 1.82) is 0 Å². The molecule has 160 valence electrons. The highest BCUT2D eigenvalue weighted by Gasteiger charge is 2.13. The average Bonchev–Trinajstić information content (AvgIpc) is 3.32. The van der Waals surface area contributed by atoms with Crippen LogP contribution in [0.1, 0.15) is 11.5 Å². The van der Waals surface area contributed by atoms with Crippen LogP contribution in [0.5, 0.6) is 5.75 Å². The molecule has 1 aromatic carbocycles. The maximum Gasteiger partial charge on any atom is 0.325 e. The Kier molecular flexibility index (Phi) is 6.11. The molecular formula is C18H15ClN6O4S2. The highest BCUT2D eigenvalue weighted by molar-refractivity contribution is 8.00. The maximum absolute atomic E-state index is 12.3. The number of urea groups is 1. The molecule has 0 radical (unpaired) electrons. The number of hydrogen-bond donors (Lipinski definition) is 2. The van der Waals surface area contributed by atoms with Crippen LogP contribution in [0.3, 0.4) is 0 Å². The van der Waals surface area contributed by atoms with Gasteiger partial charge in [-0.25, -0.2) is 9.78 Å². The Bertz CT molecular complexity index is 1320. The molecule has 13 heteroatoms. The summed E-state index contributed by atoms with van der Waals surface area (Å²) < 4.78 is 12.2. The van der Waals surface area contributed by atoms with Gasteiger partial charge in [-0.05, 0) is 25.1 Å². The van der Waals surface area contributed by atoms with E-state index >= 15 is 0 Å². The first-order valence-corrected chi connectivity index (χ1v) is 11.0. The van der Waals surface area contributed by atoms with Gasteiger partial charge in [0.1, 0.15) is 11.5 Å². The molecule has 3 aromatic heterocycles. The minimum Gasteiger partial charge on any atom is -0.495 e. The van der Waals surface area contributed by atoms with Gasteiger partial charge in [-0.2, -0.15) is 0 Å². The molecule has 0 bridgehead atoms. The molecule has 0 atom stereocenters. The molecule has 0 aliphatic carbocycles. The van der Waals surface area contributed by atoms with Crippen LogP contribution in [0.2, 0.25) is 5.02 Å². The molecule has 0 aliphatic rings. The Morgan fingerprint density at radius 1 is 1.29 bits per heavy atom. The summed E-state index contributed by atoms with van der Waals surface area (Å²) in [6.45, 7) is 1.75. The zero-order valence-electron chi connectivity index (χ0n) is 16.2. The Morgan fingerprint density at radius 2 is 2.13 bits per heavy atom. The highest BCUT2D eigenvalue weighted by atomic mass is 35.5. The molecule has 0 saturated carbocycles. The fourth-order valence-electron chi connectivity index (χ4n) is 2.63. The molecule has 2 N–H and O–H groups in total. The predicted molar refractivity (Wildman–Crippen MR) is 119 cm³/mol. The SMILES string of the molecule is COc1ccc(Cl)cc1NC(=O)Nc1nnc(SCc2cc(=O)n3oc(C)cc3n2)s1. The van der Waals surface area contributed by atoms with Crippen molar-refractivity contribution in [1.82, 2.24) is 19.8 Å². The van der Waals surface area contributed by atoms with Gasteiger partial charge in [0.05, 0.1) is 18.5 Å². The zero-order valence-corrected chi connectivity index (χ0v) is 18.6. The normalized spacial score (nSPS) is 10.9. The zero-order chi connectivity index (χ0) is 22.0. The van der Waals surface area contributed by atoms with Crippen LogP contribution in [0.4, 0.5) is 15.6 Å². The second-order valence-corrected chi connectivity index (χ2v) is 8.81. The quantitative estimate of drug-likeness (QED) is 0.314. The van der Waals surface area contributed by atoms with Crippen molar-refractivity contribution in [2.24, 2.45) is 0 Å². The molecule has 10 nitrogen and oxygen atoms in total. The van der Waals surface area contributed by atoms with Gasteiger partial charge >= 0.3 is 6.03 Å². The molecule has 4 rings (SSSR count). The van der Waals surface area contributed by atoms with Crippen LogP contribution >= 0.6 is 34.7 Å². The van der Waals surface area contributed by atoms with E-state index in [1.54, 1.807) is 31.2 Å². The van der Waals surface area contributed by atoms with Crippen molar-refractivity contribution < 1.29 is 14.1 Å². The molecular weight excluding hydrogens is 464 g/mol. The summed E-state index contributed by atoms with van der Waals surface area (Å²) >= 11 is 8.52. The Balaban J connectivity index is 1.38. The lowest BCUT2D eigenvalue weighted by atomic mass is 10.3. The second kappa shape index (κ2) is 8.96. The number of benzene rings is 1. The first-order chi connectivity index (χ1) is 14.9. The van der Waals surface area contributed by atoms with Crippen LogP contribution in [-0.4, -0.2) is 32.9 Å². The summed E-state index contributed by atoms with van der Waals surface area (Å²) in [6.07, 6.45) is 0. The van der Waals surface area contributed by atoms with Gasteiger partial charge < -0.3 is 14.6 Å². The van der Waals surface area contributed by atoms with Crippen molar-refractivity contribution in [3.05, 3.63) is 57.2 Å². The summed E-state index contributed by atoms with van der Waals surface area (Å²) in [5.41, 5.74) is 1.18. The van der Waals surface area contributed by atoms with Crippen molar-refractivity contribution in [3.8, 4) is 5.75 Å². The maximum atomic E-state index is 12.3. The van der Waals surface area contributed by atoms with Gasteiger partial charge in [0.2, 0.25) is 5.13 Å². The molecule has 4 aromatic rings. The van der Waals surface area contributed by atoms with Crippen LogP contribution < -0.4 is 20.9 Å². The molecule has 0 aliphatic heterocycles. The van der Waals surface area contributed by atoms with Crippen molar-refractivity contribution in [2.45, 2.75) is 17.0 Å². The summed E-state index contributed by atoms with van der Waals surface area (Å²) in [7, 11) is 1.50. The van der Waals surface area contributed by atoms with Gasteiger partial charge in [0, 0.05) is 22.9 Å². The van der Waals surface area contributed by atoms with Gasteiger partial charge in [0.25, 0.3) is 5.56 Å². The molecule has 31 heavy (non-hydrogen) atoms. The molecule has 3 heterocycles. The number of rotatable bonds is 6. The largest absolute Gasteiger partial charge is 0.495 e. The summed E-state index contributed by atoms with van der Waals surface area (Å²) in [4.78, 5) is 28.8. The van der Waals surface area contributed by atoms with E-state index < -0.39 is 6.03 Å². The smallest absolute Gasteiger partial charge is 0.325 e. The number of thioether (sulfide) groups is 1. The number of carbonyl (C=O) groups is 1. The first kappa shape index (κ1) is 21.2. The summed E-state index contributed by atoms with van der Waals surface area (Å²) in [6, 6.07) is 7.48. The van der Waals surface area contributed by atoms with Gasteiger partial charge in [-0.3, -0.25) is 10.1 Å². The molecule has 0 fully saturated rings. The number of fused-ring (bicyclic) bond motifs is 1. The van der Waals surface area contributed by atoms with Gasteiger partial charge in [0.15, 0.2) is 9.99 Å². The number of methoxy groups -OCH3 is 1. The lowest BCUT2D eigenvalue weighted by Crippen LogP contribution is -2.19. The van der Waals surface area contributed by atoms with Crippen molar-refractivity contribution in [2.75, 3.05) is 17.7 Å². The molecule has 0 unspecified atom stereocenters. The van der Waals surface area contributed by atoms with Gasteiger partial charge in [-0.1, -0.05) is 34.7 Å². The molecule has 0 saturated heterocycles. The monoisotopic (exact) mass is 478 g/mol. The second-order valence-electron chi connectivity index (χ2n) is 6.17. The minimum absolute atomic E-state index is 0.290. The number of carbonyl (C=O) groups excluding carboxylic acids is 1. The van der Waals surface area contributed by atoms with E-state index in [-0.39, 0.29) is 5.56 Å². The molecule has 2 amide bonds. The average molecular weight is 479 g/mol. The Hall–Kier alpha value is -3.09. The van der Waals surface area contributed by atoms with Crippen molar-refractivity contribution >= 4 is 57.2 Å². The van der Waals surface area contributed by atoms with E-state index in [1.165, 1.54) is 36.3 Å². The summed E-state index contributed by atoms with van der Waals surface area (Å²) in [5, 5.41) is 14.1. The number of aryl methyl sites for hydroxylation is 1. The number of halogens is 1. The van der Waals surface area contributed by atoms with E-state index in [0.29, 0.717) is 48.8 Å². The Morgan fingerprint density at radius 3 is 2.94 bits per heavy atom. The number of amides is 2. The van der Waals surface area contributed by atoms with E-state index in [4.69, 9.17) is 20.9 Å². The minimum atomic E-state index is -0.510. The fourth-order valence-corrected chi connectivity index (χ4v) is 4.44. The van der Waals surface area contributed by atoms with Crippen LogP contribution in [0.25, 0.3) is 5.65 Å². The van der Waals surface area contributed by atoms with Crippen molar-refractivity contribution in [3.63, 3.8) is 0 Å². The third-order valence-electron chi connectivity index (χ3n) is 3.90. The number of nitrogens with one attached hydrogen (secondary N) is 2. The molecule has 0 spiro atoms. The number of nitrogens with zero attached hydrogens (tertiary/aromatic N) is 4. The topological polar surface area (TPSA) is 124 Å².